The zero-order valence-electron chi connectivity index (χ0n) is 15.6. The summed E-state index contributed by atoms with van der Waals surface area (Å²) in [6, 6.07) is 12.8. The lowest BCUT2D eigenvalue weighted by molar-refractivity contribution is 0.0996. The zero-order chi connectivity index (χ0) is 21.5. The summed E-state index contributed by atoms with van der Waals surface area (Å²) in [5, 5.41) is 2.45. The van der Waals surface area contributed by atoms with Crippen molar-refractivity contribution in [2.75, 3.05) is 5.32 Å². The van der Waals surface area contributed by atoms with E-state index in [4.69, 9.17) is 15.2 Å². The zero-order valence-corrected chi connectivity index (χ0v) is 16.4. The molecule has 2 amide bonds. The molecule has 0 atom stereocenters. The number of ether oxygens (including phenoxy) is 2. The predicted octanol–water partition coefficient (Wildman–Crippen LogP) is 4.37. The van der Waals surface area contributed by atoms with E-state index in [1.54, 1.807) is 30.3 Å². The molecule has 156 valence electrons. The van der Waals surface area contributed by atoms with E-state index in [0.29, 0.717) is 22.4 Å². The highest BCUT2D eigenvalue weighted by atomic mass is 32.1. The quantitative estimate of drug-likeness (QED) is 0.549. The van der Waals surface area contributed by atoms with Crippen molar-refractivity contribution >= 4 is 28.5 Å². The molecule has 3 rings (SSSR count). The number of primary amides is 1. The number of nitrogens with zero attached hydrogens (tertiary/aromatic N) is 1. The maximum Gasteiger partial charge on any atom is 0.417 e. The Labute approximate surface area is 174 Å². The molecule has 0 saturated heterocycles. The predicted molar refractivity (Wildman–Crippen MR) is 107 cm³/mol. The smallest absolute Gasteiger partial charge is 0.417 e. The minimum Gasteiger partial charge on any atom is -0.472 e. The Bertz CT molecular complexity index is 1040. The van der Waals surface area contributed by atoms with Crippen molar-refractivity contribution in [1.82, 2.24) is 4.37 Å². The van der Waals surface area contributed by atoms with Gasteiger partial charge in [-0.2, -0.15) is 4.37 Å². The van der Waals surface area contributed by atoms with E-state index in [1.165, 1.54) is 18.2 Å². The minimum atomic E-state index is -0.878. The molecule has 30 heavy (non-hydrogen) atoms. The molecule has 10 heteroatoms. The summed E-state index contributed by atoms with van der Waals surface area (Å²) < 4.78 is 40.7. The number of nitrogens with two attached hydrogens (primary N) is 1. The van der Waals surface area contributed by atoms with Crippen LogP contribution in [0.15, 0.2) is 48.5 Å². The molecular weight excluding hydrogens is 416 g/mol. The van der Waals surface area contributed by atoms with E-state index < -0.39 is 25.3 Å². The summed E-state index contributed by atoms with van der Waals surface area (Å²) in [5.74, 6) is -0.696. The molecule has 0 aliphatic rings. The summed E-state index contributed by atoms with van der Waals surface area (Å²) in [4.78, 5) is 24.0. The number of aromatic nitrogens is 1. The molecule has 1 heterocycles. The fourth-order valence-electron chi connectivity index (χ4n) is 2.56. The summed E-state index contributed by atoms with van der Waals surface area (Å²) in [6.45, 7) is -1.63. The molecule has 0 bridgehead atoms. The van der Waals surface area contributed by atoms with Gasteiger partial charge in [0, 0.05) is 0 Å². The first-order valence-electron chi connectivity index (χ1n) is 8.70. The van der Waals surface area contributed by atoms with E-state index in [0.717, 1.165) is 11.5 Å². The van der Waals surface area contributed by atoms with Gasteiger partial charge in [-0.05, 0) is 46.4 Å². The second kappa shape index (κ2) is 9.79. The number of hydrogen-bond donors (Lipinski definition) is 2. The van der Waals surface area contributed by atoms with Gasteiger partial charge in [-0.15, -0.1) is 0 Å². The van der Waals surface area contributed by atoms with Crippen LogP contribution in [0.4, 0.5) is 18.6 Å². The average Bonchev–Trinajstić information content (AvgIpc) is 3.15. The summed E-state index contributed by atoms with van der Waals surface area (Å²) in [5.41, 5.74) is 6.36. The first kappa shape index (κ1) is 21.2. The molecule has 0 fully saturated rings. The van der Waals surface area contributed by atoms with Crippen molar-refractivity contribution in [1.29, 1.82) is 0 Å². The van der Waals surface area contributed by atoms with Crippen LogP contribution in [0.3, 0.4) is 0 Å². The number of benzene rings is 2. The van der Waals surface area contributed by atoms with Crippen molar-refractivity contribution in [3.05, 3.63) is 70.8 Å². The summed E-state index contributed by atoms with van der Waals surface area (Å²) >= 11 is 0.774. The fraction of sp³-hybridized carbons (Fsp3) is 0.150. The van der Waals surface area contributed by atoms with Gasteiger partial charge >= 0.3 is 6.09 Å². The van der Waals surface area contributed by atoms with Crippen molar-refractivity contribution in [2.45, 2.75) is 20.0 Å². The second-order valence-electron chi connectivity index (χ2n) is 6.04. The van der Waals surface area contributed by atoms with Gasteiger partial charge in [0.15, 0.2) is 0 Å². The Morgan fingerprint density at radius 1 is 1.07 bits per heavy atom. The third-order valence-electron chi connectivity index (χ3n) is 4.01. The van der Waals surface area contributed by atoms with E-state index >= 15 is 0 Å². The van der Waals surface area contributed by atoms with E-state index in [1.807, 2.05) is 0 Å². The number of halogens is 2. The number of hydrogen-bond acceptors (Lipinski definition) is 6. The maximum atomic E-state index is 13.2. The lowest BCUT2D eigenvalue weighted by Crippen LogP contribution is -2.20. The number of amides is 2. The van der Waals surface area contributed by atoms with Gasteiger partial charge in [-0.1, -0.05) is 30.3 Å². The van der Waals surface area contributed by atoms with Crippen LogP contribution in [0.2, 0.25) is 0 Å². The number of carbonyl (C=O) groups is 2. The molecule has 2 aromatic carbocycles. The Morgan fingerprint density at radius 2 is 1.83 bits per heavy atom. The molecule has 0 radical (unpaired) electrons. The molecular formula is C20H17F2N3O4S. The van der Waals surface area contributed by atoms with Gasteiger partial charge in [0.1, 0.15) is 36.3 Å². The maximum absolute atomic E-state index is 13.2. The monoisotopic (exact) mass is 433 g/mol. The van der Waals surface area contributed by atoms with Crippen LogP contribution in [-0.2, 0) is 20.0 Å². The Balaban J connectivity index is 1.75. The van der Waals surface area contributed by atoms with Crippen LogP contribution in [-0.4, -0.2) is 16.4 Å². The molecule has 7 nitrogen and oxygen atoms in total. The number of carbonyl (C=O) groups excluding carboxylic acids is 2. The molecule has 3 N–H and O–H groups in total. The Hall–Kier alpha value is -3.53. The van der Waals surface area contributed by atoms with Gasteiger partial charge in [0.2, 0.25) is 5.88 Å². The Morgan fingerprint density at radius 3 is 2.50 bits per heavy atom. The van der Waals surface area contributed by atoms with E-state index in [2.05, 4.69) is 9.69 Å². The molecule has 0 saturated carbocycles. The molecule has 0 aliphatic heterocycles. The van der Waals surface area contributed by atoms with Gasteiger partial charge in [0.25, 0.3) is 5.91 Å². The van der Waals surface area contributed by atoms with Gasteiger partial charge < -0.3 is 15.2 Å². The highest BCUT2D eigenvalue weighted by molar-refractivity contribution is 7.11. The highest BCUT2D eigenvalue weighted by Crippen LogP contribution is 2.31. The van der Waals surface area contributed by atoms with Crippen molar-refractivity contribution in [3.8, 4) is 11.6 Å². The first-order chi connectivity index (χ1) is 14.5. The van der Waals surface area contributed by atoms with Crippen molar-refractivity contribution in [3.63, 3.8) is 0 Å². The Kier molecular flexibility index (Phi) is 6.91. The number of nitrogens with one attached hydrogen (secondary N) is 1. The standard InChI is InChI=1S/C20H17F2N3O4S/c21-9-12-6-7-13(10-22)14(8-12)11-28-18-16(17(23)26)19(30-25-18)24-20(27)29-15-4-2-1-3-5-15/h1-8H,9-11H2,(H2,23,26)(H,24,27). The molecule has 3 aromatic rings. The van der Waals surface area contributed by atoms with E-state index in [9.17, 15) is 18.4 Å². The van der Waals surface area contributed by atoms with Crippen LogP contribution in [0.1, 0.15) is 27.0 Å². The number of para-hydroxylation sites is 1. The first-order valence-corrected chi connectivity index (χ1v) is 9.48. The third kappa shape index (κ3) is 5.09. The fourth-order valence-corrected chi connectivity index (χ4v) is 3.29. The van der Waals surface area contributed by atoms with Gasteiger partial charge in [-0.25, -0.2) is 13.6 Å². The topological polar surface area (TPSA) is 104 Å². The average molecular weight is 433 g/mol. The molecule has 1 aromatic heterocycles. The summed E-state index contributed by atoms with van der Waals surface area (Å²) in [6.07, 6.45) is -0.839. The SMILES string of the molecule is NC(=O)c1c(OCc2cc(CF)ccc2CF)nsc1NC(=O)Oc1ccccc1. The largest absolute Gasteiger partial charge is 0.472 e. The lowest BCUT2D eigenvalue weighted by Gasteiger charge is -2.10. The van der Waals surface area contributed by atoms with Crippen LogP contribution in [0.5, 0.6) is 11.6 Å². The number of anilines is 1. The van der Waals surface area contributed by atoms with Crippen LogP contribution >= 0.6 is 11.5 Å². The highest BCUT2D eigenvalue weighted by Gasteiger charge is 2.23. The molecule has 0 spiro atoms. The molecule has 0 unspecified atom stereocenters. The number of alkyl halides is 2. The third-order valence-corrected chi connectivity index (χ3v) is 4.76. The normalized spacial score (nSPS) is 10.5. The van der Waals surface area contributed by atoms with Crippen LogP contribution in [0.25, 0.3) is 0 Å². The summed E-state index contributed by atoms with van der Waals surface area (Å²) in [7, 11) is 0. The second-order valence-corrected chi connectivity index (χ2v) is 6.82. The van der Waals surface area contributed by atoms with Crippen molar-refractivity contribution < 1.29 is 27.8 Å². The van der Waals surface area contributed by atoms with Gasteiger partial charge in [-0.3, -0.25) is 10.1 Å². The van der Waals surface area contributed by atoms with Crippen LogP contribution in [0, 0.1) is 0 Å². The lowest BCUT2D eigenvalue weighted by atomic mass is 10.1. The van der Waals surface area contributed by atoms with Crippen LogP contribution < -0.4 is 20.5 Å². The van der Waals surface area contributed by atoms with Crippen molar-refractivity contribution in [2.24, 2.45) is 5.73 Å². The molecule has 0 aliphatic carbocycles. The van der Waals surface area contributed by atoms with Gasteiger partial charge in [0.05, 0.1) is 0 Å². The minimum absolute atomic E-state index is 0.0432. The van der Waals surface area contributed by atoms with E-state index in [-0.39, 0.29) is 23.1 Å². The number of rotatable bonds is 8.